The fourth-order valence-corrected chi connectivity index (χ4v) is 2.94. The Labute approximate surface area is 144 Å². The van der Waals surface area contributed by atoms with Gasteiger partial charge in [0.2, 0.25) is 0 Å². The van der Waals surface area contributed by atoms with Gasteiger partial charge in [-0.1, -0.05) is 0 Å². The van der Waals surface area contributed by atoms with Gasteiger partial charge in [0.15, 0.2) is 0 Å². The second-order valence-corrected chi connectivity index (χ2v) is 6.51. The van der Waals surface area contributed by atoms with Crippen molar-refractivity contribution < 1.29 is 0 Å². The predicted molar refractivity (Wildman–Crippen MR) is 96.5 cm³/mol. The highest BCUT2D eigenvalue weighted by atomic mass is 16.1. The van der Waals surface area contributed by atoms with E-state index in [9.17, 15) is 9.59 Å². The van der Waals surface area contributed by atoms with Crippen LogP contribution in [0.4, 0.5) is 0 Å². The first-order valence-corrected chi connectivity index (χ1v) is 8.10. The van der Waals surface area contributed by atoms with Gasteiger partial charge in [0.05, 0.1) is 10.9 Å². The minimum Gasteiger partial charge on any atom is -0.311 e. The van der Waals surface area contributed by atoms with Crippen molar-refractivity contribution in [3.05, 3.63) is 49.9 Å². The molecule has 0 aliphatic rings. The molecule has 1 N–H and O–H groups in total. The number of rotatable bonds is 4. The molecule has 8 nitrogen and oxygen atoms in total. The lowest BCUT2D eigenvalue weighted by Crippen LogP contribution is -2.28. The summed E-state index contributed by atoms with van der Waals surface area (Å²) in [7, 11) is 3.89. The second-order valence-electron chi connectivity index (χ2n) is 6.51. The predicted octanol–water partition coefficient (Wildman–Crippen LogP) is 0.757. The van der Waals surface area contributed by atoms with Crippen LogP contribution in [0, 0.1) is 20.8 Å². The van der Waals surface area contributed by atoms with Crippen molar-refractivity contribution in [1.82, 2.24) is 29.2 Å². The van der Waals surface area contributed by atoms with Crippen LogP contribution in [-0.4, -0.2) is 49.9 Å². The Morgan fingerprint density at radius 3 is 2.32 bits per heavy atom. The van der Waals surface area contributed by atoms with Crippen LogP contribution in [0.2, 0.25) is 0 Å². The summed E-state index contributed by atoms with van der Waals surface area (Å²) in [5.41, 5.74) is 2.30. The lowest BCUT2D eigenvalue weighted by atomic mass is 10.2. The van der Waals surface area contributed by atoms with E-state index in [1.807, 2.05) is 38.9 Å². The molecular formula is C17H22N6O2. The summed E-state index contributed by atoms with van der Waals surface area (Å²) in [6, 6.07) is 3.30. The molecule has 0 fully saturated rings. The molecule has 0 aliphatic heterocycles. The maximum Gasteiger partial charge on any atom is 0.283 e. The first-order chi connectivity index (χ1) is 11.8. The Kier molecular flexibility index (Phi) is 4.30. The van der Waals surface area contributed by atoms with Crippen molar-refractivity contribution in [2.75, 3.05) is 20.6 Å². The van der Waals surface area contributed by atoms with E-state index in [0.29, 0.717) is 29.7 Å². The highest BCUT2D eigenvalue weighted by Gasteiger charge is 2.16. The number of likely N-dealkylation sites (N-methyl/N-ethyl adjacent to an activating group) is 1. The second kappa shape index (κ2) is 6.29. The maximum absolute atomic E-state index is 12.9. The molecular weight excluding hydrogens is 320 g/mol. The van der Waals surface area contributed by atoms with Crippen LogP contribution in [0.5, 0.6) is 0 Å². The van der Waals surface area contributed by atoms with Gasteiger partial charge in [0.25, 0.3) is 17.1 Å². The van der Waals surface area contributed by atoms with Crippen LogP contribution < -0.4 is 11.1 Å². The molecule has 0 radical (unpaired) electrons. The minimum atomic E-state index is -0.254. The Morgan fingerprint density at radius 2 is 1.72 bits per heavy atom. The molecule has 0 bridgehead atoms. The first-order valence-electron chi connectivity index (χ1n) is 8.10. The molecule has 3 heterocycles. The van der Waals surface area contributed by atoms with Crippen molar-refractivity contribution in [3.63, 3.8) is 0 Å². The van der Waals surface area contributed by atoms with E-state index >= 15 is 0 Å². The molecule has 0 aliphatic carbocycles. The van der Waals surface area contributed by atoms with Crippen molar-refractivity contribution in [3.8, 4) is 5.95 Å². The number of nitrogens with zero attached hydrogens (tertiary/aromatic N) is 5. The summed E-state index contributed by atoms with van der Waals surface area (Å²) >= 11 is 0. The van der Waals surface area contributed by atoms with E-state index in [1.54, 1.807) is 11.5 Å². The molecule has 3 aromatic rings. The van der Waals surface area contributed by atoms with E-state index < -0.39 is 0 Å². The zero-order chi connectivity index (χ0) is 18.3. The van der Waals surface area contributed by atoms with E-state index in [0.717, 1.165) is 11.4 Å². The zero-order valence-corrected chi connectivity index (χ0v) is 15.1. The van der Waals surface area contributed by atoms with Gasteiger partial charge in [0.1, 0.15) is 0 Å². The highest BCUT2D eigenvalue weighted by Crippen LogP contribution is 2.12. The Bertz CT molecular complexity index is 1040. The minimum absolute atomic E-state index is 0.137. The van der Waals surface area contributed by atoms with Crippen molar-refractivity contribution in [1.29, 1.82) is 0 Å². The number of fused-ring (bicyclic) bond motifs is 1. The van der Waals surface area contributed by atoms with Gasteiger partial charge in [-0.25, -0.2) is 9.97 Å². The quantitative estimate of drug-likeness (QED) is 0.756. The van der Waals surface area contributed by atoms with Crippen LogP contribution in [0.15, 0.2) is 21.7 Å². The van der Waals surface area contributed by atoms with Crippen LogP contribution in [0.25, 0.3) is 16.9 Å². The van der Waals surface area contributed by atoms with E-state index in [2.05, 4.69) is 15.1 Å². The molecule has 0 saturated carbocycles. The Balaban J connectivity index is 2.22. The van der Waals surface area contributed by atoms with Gasteiger partial charge in [0, 0.05) is 36.2 Å². The third-order valence-electron chi connectivity index (χ3n) is 4.16. The largest absolute Gasteiger partial charge is 0.311 e. The fourth-order valence-electron chi connectivity index (χ4n) is 2.94. The van der Waals surface area contributed by atoms with Crippen molar-refractivity contribution >= 4 is 10.9 Å². The van der Waals surface area contributed by atoms with Crippen LogP contribution in [0.3, 0.4) is 0 Å². The summed E-state index contributed by atoms with van der Waals surface area (Å²) in [4.78, 5) is 36.0. The van der Waals surface area contributed by atoms with Crippen LogP contribution in [0.1, 0.15) is 17.1 Å². The van der Waals surface area contributed by atoms with Gasteiger partial charge in [-0.05, 0) is 40.9 Å². The van der Waals surface area contributed by atoms with Gasteiger partial charge >= 0.3 is 0 Å². The SMILES string of the molecule is Cc1cc(C)nc(-n2[nH]c3cc(=O)n(CCN(C)C)c(C)c3c2=O)n1. The summed E-state index contributed by atoms with van der Waals surface area (Å²) in [5, 5.41) is 3.45. The molecule has 132 valence electrons. The molecule has 0 spiro atoms. The van der Waals surface area contributed by atoms with E-state index in [1.165, 1.54) is 10.7 Å². The molecule has 0 unspecified atom stereocenters. The third kappa shape index (κ3) is 3.12. The van der Waals surface area contributed by atoms with Crippen molar-refractivity contribution in [2.24, 2.45) is 0 Å². The molecule has 25 heavy (non-hydrogen) atoms. The fraction of sp³-hybridized carbons (Fsp3) is 0.412. The Morgan fingerprint density at radius 1 is 1.08 bits per heavy atom. The molecule has 3 aromatic heterocycles. The molecule has 0 amide bonds. The number of aryl methyl sites for hydroxylation is 3. The Hall–Kier alpha value is -2.74. The number of hydrogen-bond acceptors (Lipinski definition) is 5. The molecule has 3 rings (SSSR count). The first kappa shape index (κ1) is 17.1. The van der Waals surface area contributed by atoms with E-state index in [-0.39, 0.29) is 17.1 Å². The van der Waals surface area contributed by atoms with Gasteiger partial charge < -0.3 is 9.47 Å². The summed E-state index contributed by atoms with van der Waals surface area (Å²) in [6.07, 6.45) is 0. The highest BCUT2D eigenvalue weighted by molar-refractivity contribution is 5.80. The van der Waals surface area contributed by atoms with Gasteiger partial charge in [-0.2, -0.15) is 4.68 Å². The van der Waals surface area contributed by atoms with Gasteiger partial charge in [-0.15, -0.1) is 0 Å². The average Bonchev–Trinajstić information content (AvgIpc) is 2.82. The number of H-pyrrole nitrogens is 1. The summed E-state index contributed by atoms with van der Waals surface area (Å²) in [6.45, 7) is 6.73. The van der Waals surface area contributed by atoms with Crippen molar-refractivity contribution in [2.45, 2.75) is 27.3 Å². The third-order valence-corrected chi connectivity index (χ3v) is 4.16. The number of aromatic amines is 1. The normalized spacial score (nSPS) is 11.6. The monoisotopic (exact) mass is 342 g/mol. The average molecular weight is 342 g/mol. The van der Waals surface area contributed by atoms with E-state index in [4.69, 9.17) is 0 Å². The topological polar surface area (TPSA) is 88.8 Å². The molecule has 0 atom stereocenters. The smallest absolute Gasteiger partial charge is 0.283 e. The van der Waals surface area contributed by atoms with Gasteiger partial charge in [-0.3, -0.25) is 14.7 Å². The summed E-state index contributed by atoms with van der Waals surface area (Å²) < 4.78 is 2.93. The number of aromatic nitrogens is 5. The number of hydrogen-bond donors (Lipinski definition) is 1. The maximum atomic E-state index is 12.9. The lowest BCUT2D eigenvalue weighted by Gasteiger charge is -2.13. The standard InChI is InChI=1S/C17H22N6O2/c1-10-8-11(2)19-17(18-10)23-16(25)15-12(3)22(7-6-21(4)5)14(24)9-13(15)20-23/h8-9,20H,6-7H2,1-5H3. The molecule has 0 aromatic carbocycles. The lowest BCUT2D eigenvalue weighted by molar-refractivity contribution is 0.379. The zero-order valence-electron chi connectivity index (χ0n) is 15.1. The molecule has 0 saturated heterocycles. The molecule has 8 heteroatoms. The number of pyridine rings is 1. The number of nitrogens with one attached hydrogen (secondary N) is 1. The van der Waals surface area contributed by atoms with Crippen LogP contribution in [-0.2, 0) is 6.54 Å². The summed E-state index contributed by atoms with van der Waals surface area (Å²) in [5.74, 6) is 0.283. The van der Waals surface area contributed by atoms with Crippen LogP contribution >= 0.6 is 0 Å².